The SMILES string of the molecule is C[C@H]1C[C@@H](n2c(Nc3ccc(OC(F)(F)F)cc3)nc3cc(C=CC(=O)N(C)C)ccc32)CC(C)(C)C1. The molecule has 0 saturated heterocycles. The molecule has 0 bridgehead atoms. The van der Waals surface area contributed by atoms with Crippen LogP contribution in [0.3, 0.4) is 0 Å². The smallest absolute Gasteiger partial charge is 0.406 e. The molecular weight excluding hydrogens is 481 g/mol. The maximum absolute atomic E-state index is 12.6. The molecule has 198 valence electrons. The molecule has 1 aromatic heterocycles. The van der Waals surface area contributed by atoms with Gasteiger partial charge in [0.05, 0.1) is 11.0 Å². The van der Waals surface area contributed by atoms with E-state index in [1.165, 1.54) is 23.1 Å². The Morgan fingerprint density at radius 1 is 1.16 bits per heavy atom. The van der Waals surface area contributed by atoms with Crippen LogP contribution >= 0.6 is 0 Å². The van der Waals surface area contributed by atoms with Crippen molar-refractivity contribution >= 4 is 34.7 Å². The van der Waals surface area contributed by atoms with E-state index in [4.69, 9.17) is 4.98 Å². The summed E-state index contributed by atoms with van der Waals surface area (Å²) in [5, 5.41) is 3.31. The zero-order valence-electron chi connectivity index (χ0n) is 21.8. The van der Waals surface area contributed by atoms with E-state index >= 15 is 0 Å². The summed E-state index contributed by atoms with van der Waals surface area (Å²) in [5.74, 6) is 0.777. The van der Waals surface area contributed by atoms with Crippen LogP contribution in [0.25, 0.3) is 17.1 Å². The van der Waals surface area contributed by atoms with E-state index < -0.39 is 6.36 Å². The highest BCUT2D eigenvalue weighted by Crippen LogP contribution is 2.46. The fraction of sp³-hybridized carbons (Fsp3) is 0.429. The molecule has 0 aliphatic heterocycles. The minimum Gasteiger partial charge on any atom is -0.406 e. The van der Waals surface area contributed by atoms with Crippen LogP contribution in [0.5, 0.6) is 5.75 Å². The Hall–Kier alpha value is -3.49. The van der Waals surface area contributed by atoms with Crippen molar-refractivity contribution < 1.29 is 22.7 Å². The molecule has 0 radical (unpaired) electrons. The van der Waals surface area contributed by atoms with Crippen LogP contribution in [0.15, 0.2) is 48.5 Å². The second kappa shape index (κ2) is 10.1. The Bertz CT molecular complexity index is 1290. The quantitative estimate of drug-likeness (QED) is 0.355. The van der Waals surface area contributed by atoms with Gasteiger partial charge >= 0.3 is 6.36 Å². The number of fused-ring (bicyclic) bond motifs is 1. The number of anilines is 2. The molecule has 1 saturated carbocycles. The Morgan fingerprint density at radius 2 is 1.86 bits per heavy atom. The average Bonchev–Trinajstić information content (AvgIpc) is 3.13. The summed E-state index contributed by atoms with van der Waals surface area (Å²) in [7, 11) is 3.40. The predicted molar refractivity (Wildman–Crippen MR) is 140 cm³/mol. The van der Waals surface area contributed by atoms with Gasteiger partial charge in [-0.2, -0.15) is 0 Å². The third kappa shape index (κ3) is 6.64. The number of carbonyl (C=O) groups excluding carboxylic acids is 1. The summed E-state index contributed by atoms with van der Waals surface area (Å²) in [6, 6.07) is 11.8. The minimum atomic E-state index is -4.74. The third-order valence-electron chi connectivity index (χ3n) is 6.65. The molecule has 1 aliphatic rings. The Balaban J connectivity index is 1.71. The highest BCUT2D eigenvalue weighted by Gasteiger charge is 2.35. The zero-order valence-corrected chi connectivity index (χ0v) is 21.8. The molecule has 3 aromatic rings. The maximum atomic E-state index is 12.6. The van der Waals surface area contributed by atoms with Gasteiger partial charge in [-0.15, -0.1) is 13.2 Å². The van der Waals surface area contributed by atoms with Gasteiger partial charge < -0.3 is 19.5 Å². The molecule has 37 heavy (non-hydrogen) atoms. The van der Waals surface area contributed by atoms with Gasteiger partial charge in [0.25, 0.3) is 0 Å². The number of halogens is 3. The summed E-state index contributed by atoms with van der Waals surface area (Å²) in [6.07, 6.45) is 1.67. The number of nitrogens with one attached hydrogen (secondary N) is 1. The lowest BCUT2D eigenvalue weighted by Gasteiger charge is -2.40. The fourth-order valence-electron chi connectivity index (χ4n) is 5.36. The normalized spacial score (nSPS) is 19.8. The van der Waals surface area contributed by atoms with E-state index in [1.54, 1.807) is 32.3 Å². The molecule has 0 unspecified atom stereocenters. The van der Waals surface area contributed by atoms with Crippen LogP contribution in [0.1, 0.15) is 51.6 Å². The molecule has 0 spiro atoms. The van der Waals surface area contributed by atoms with Crippen molar-refractivity contribution in [2.45, 2.75) is 52.4 Å². The first-order chi connectivity index (χ1) is 17.3. The molecule has 1 fully saturated rings. The predicted octanol–water partition coefficient (Wildman–Crippen LogP) is 7.17. The van der Waals surface area contributed by atoms with Crippen LogP contribution in [0, 0.1) is 11.3 Å². The van der Waals surface area contributed by atoms with Crippen molar-refractivity contribution in [2.75, 3.05) is 19.4 Å². The number of hydrogen-bond donors (Lipinski definition) is 1. The van der Waals surface area contributed by atoms with Gasteiger partial charge in [-0.25, -0.2) is 4.98 Å². The van der Waals surface area contributed by atoms with Gasteiger partial charge in [0.15, 0.2) is 0 Å². The first-order valence-electron chi connectivity index (χ1n) is 12.3. The van der Waals surface area contributed by atoms with E-state index in [0.717, 1.165) is 35.9 Å². The lowest BCUT2D eigenvalue weighted by Crippen LogP contribution is -2.29. The molecule has 2 aromatic carbocycles. The van der Waals surface area contributed by atoms with Crippen molar-refractivity contribution in [2.24, 2.45) is 11.3 Å². The van der Waals surface area contributed by atoms with Gasteiger partial charge in [0.2, 0.25) is 11.9 Å². The average molecular weight is 515 g/mol. The largest absolute Gasteiger partial charge is 0.573 e. The van der Waals surface area contributed by atoms with Gasteiger partial charge in [-0.1, -0.05) is 26.8 Å². The summed E-state index contributed by atoms with van der Waals surface area (Å²) in [5.41, 5.74) is 3.36. The van der Waals surface area contributed by atoms with E-state index in [0.29, 0.717) is 17.6 Å². The summed E-state index contributed by atoms with van der Waals surface area (Å²) in [6.45, 7) is 6.84. The molecule has 2 atom stereocenters. The Morgan fingerprint density at radius 3 is 2.49 bits per heavy atom. The molecule has 1 amide bonds. The topological polar surface area (TPSA) is 59.4 Å². The van der Waals surface area contributed by atoms with Crippen molar-refractivity contribution in [3.63, 3.8) is 0 Å². The van der Waals surface area contributed by atoms with Crippen LogP contribution in [-0.2, 0) is 4.79 Å². The third-order valence-corrected chi connectivity index (χ3v) is 6.65. The van der Waals surface area contributed by atoms with Crippen LogP contribution < -0.4 is 10.1 Å². The number of carbonyl (C=O) groups is 1. The van der Waals surface area contributed by atoms with E-state index in [-0.39, 0.29) is 23.1 Å². The number of amides is 1. The van der Waals surface area contributed by atoms with E-state index in [1.807, 2.05) is 18.2 Å². The van der Waals surface area contributed by atoms with Gasteiger partial charge in [-0.05, 0) is 78.6 Å². The van der Waals surface area contributed by atoms with Gasteiger partial charge in [0.1, 0.15) is 5.75 Å². The summed E-state index contributed by atoms with van der Waals surface area (Å²) >= 11 is 0. The number of imidazole rings is 1. The number of alkyl halides is 3. The number of hydrogen-bond acceptors (Lipinski definition) is 4. The molecule has 1 aliphatic carbocycles. The molecule has 9 heteroatoms. The van der Waals surface area contributed by atoms with Crippen LogP contribution in [-0.4, -0.2) is 40.8 Å². The fourth-order valence-corrected chi connectivity index (χ4v) is 5.36. The zero-order chi connectivity index (χ0) is 27.0. The van der Waals surface area contributed by atoms with Gasteiger partial charge in [0, 0.05) is 31.9 Å². The Kier molecular flexibility index (Phi) is 7.26. The number of benzene rings is 2. The summed E-state index contributed by atoms with van der Waals surface area (Å²) in [4.78, 5) is 18.4. The second-order valence-corrected chi connectivity index (χ2v) is 10.9. The molecule has 1 N–H and O–H groups in total. The Labute approximate surface area is 215 Å². The highest BCUT2D eigenvalue weighted by molar-refractivity contribution is 5.92. The molecular formula is C28H33F3N4O2. The molecule has 6 nitrogen and oxygen atoms in total. The van der Waals surface area contributed by atoms with Crippen molar-refractivity contribution in [1.29, 1.82) is 0 Å². The van der Waals surface area contributed by atoms with Gasteiger partial charge in [-0.3, -0.25) is 4.79 Å². The first kappa shape index (κ1) is 26.6. The van der Waals surface area contributed by atoms with Crippen LogP contribution in [0.2, 0.25) is 0 Å². The number of rotatable bonds is 6. The monoisotopic (exact) mass is 514 g/mol. The standard InChI is InChI=1S/C28H33F3N4O2/c1-18-14-21(17-27(2,3)16-18)35-24-12-6-19(7-13-25(36)34(4)5)15-23(24)33-26(35)32-20-8-10-22(11-9-20)37-28(29,30)31/h6-13,15,18,21H,14,16-17H2,1-5H3,(H,32,33)/t18-,21+/m0/s1. The number of aromatic nitrogens is 2. The number of ether oxygens (including phenoxy) is 1. The lowest BCUT2D eigenvalue weighted by molar-refractivity contribution is -0.274. The highest BCUT2D eigenvalue weighted by atomic mass is 19.4. The number of likely N-dealkylation sites (N-methyl/N-ethyl adjacent to an activating group) is 1. The van der Waals surface area contributed by atoms with Crippen molar-refractivity contribution in [1.82, 2.24) is 14.5 Å². The number of nitrogens with zero attached hydrogens (tertiary/aromatic N) is 3. The van der Waals surface area contributed by atoms with Crippen LogP contribution in [0.4, 0.5) is 24.8 Å². The summed E-state index contributed by atoms with van der Waals surface area (Å²) < 4.78 is 43.9. The van der Waals surface area contributed by atoms with E-state index in [2.05, 4.69) is 35.4 Å². The molecule has 1 heterocycles. The minimum absolute atomic E-state index is 0.107. The van der Waals surface area contributed by atoms with E-state index in [9.17, 15) is 18.0 Å². The maximum Gasteiger partial charge on any atom is 0.573 e. The second-order valence-electron chi connectivity index (χ2n) is 10.9. The first-order valence-corrected chi connectivity index (χ1v) is 12.3. The van der Waals surface area contributed by atoms with Crippen molar-refractivity contribution in [3.8, 4) is 5.75 Å². The lowest BCUT2D eigenvalue weighted by atomic mass is 9.70. The van der Waals surface area contributed by atoms with Crippen molar-refractivity contribution in [3.05, 3.63) is 54.1 Å². The molecule has 4 rings (SSSR count).